The van der Waals surface area contributed by atoms with E-state index < -0.39 is 11.7 Å². The molecule has 6 atom stereocenters. The Morgan fingerprint density at radius 1 is 0.900 bits per heavy atom. The first-order chi connectivity index (χ1) is 9.72. The normalized spacial score (nSPS) is 49.9. The van der Waals surface area contributed by atoms with Crippen LogP contribution in [0.25, 0.3) is 0 Å². The van der Waals surface area contributed by atoms with Crippen molar-refractivity contribution in [1.82, 2.24) is 0 Å². The Hall–Kier alpha value is -0.520. The van der Waals surface area contributed by atoms with Gasteiger partial charge in [-0.15, -0.1) is 5.92 Å². The lowest BCUT2D eigenvalue weighted by Crippen LogP contribution is -2.51. The molecule has 0 amide bonds. The Bertz CT molecular complexity index is 446. The van der Waals surface area contributed by atoms with Gasteiger partial charge >= 0.3 is 0 Å². The summed E-state index contributed by atoms with van der Waals surface area (Å²) in [5.74, 6) is 10.3. The molecule has 2 nitrogen and oxygen atoms in total. The highest BCUT2D eigenvalue weighted by Crippen LogP contribution is 2.60. The van der Waals surface area contributed by atoms with Crippen LogP contribution in [0.1, 0.15) is 57.8 Å². The van der Waals surface area contributed by atoms with Crippen LogP contribution in [0.15, 0.2) is 0 Å². The fraction of sp³-hybridized carbons (Fsp3) is 0.889. The maximum atomic E-state index is 9.91. The van der Waals surface area contributed by atoms with Crippen molar-refractivity contribution in [3.05, 3.63) is 0 Å². The summed E-state index contributed by atoms with van der Waals surface area (Å²) in [4.78, 5) is 0. The second kappa shape index (κ2) is 4.75. The third-order valence-electron chi connectivity index (χ3n) is 7.11. The molecule has 0 saturated heterocycles. The van der Waals surface area contributed by atoms with Gasteiger partial charge in [0, 0.05) is 6.42 Å². The molecule has 2 N–H and O–H groups in total. The minimum atomic E-state index is -1.24. The number of fused-ring (bicyclic) bond motifs is 5. The highest BCUT2D eigenvalue weighted by molar-refractivity contribution is 5.26. The molecule has 3 fully saturated rings. The maximum Gasteiger partial charge on any atom is 0.168 e. The predicted octanol–water partition coefficient (Wildman–Crippen LogP) is 2.93. The highest BCUT2D eigenvalue weighted by atomic mass is 16.5. The van der Waals surface area contributed by atoms with Gasteiger partial charge in [-0.25, -0.2) is 0 Å². The smallest absolute Gasteiger partial charge is 0.168 e. The number of aliphatic hydroxyl groups excluding tert-OH is 1. The van der Waals surface area contributed by atoms with E-state index in [9.17, 15) is 10.2 Å². The molecule has 4 aliphatic carbocycles. The third-order valence-corrected chi connectivity index (χ3v) is 7.11. The van der Waals surface area contributed by atoms with Crippen molar-refractivity contribution in [2.24, 2.45) is 35.0 Å². The molecule has 0 bridgehead atoms. The standard InChI is InChI=1S/C18H26O2/c19-17(20)18-10-3-6-16(18)15-8-7-12-4-1-2-5-13(12)14(15)9-11-18/h12-17,19-20H,1-2,4-9,11H2/t12?,13-,14+,15+,16-,18+/m0/s1. The molecule has 3 saturated carbocycles. The molecule has 4 rings (SSSR count). The molecular weight excluding hydrogens is 248 g/mol. The number of hydrogen-bond donors (Lipinski definition) is 2. The van der Waals surface area contributed by atoms with Crippen molar-refractivity contribution in [1.29, 1.82) is 0 Å². The summed E-state index contributed by atoms with van der Waals surface area (Å²) in [6, 6.07) is 0. The minimum Gasteiger partial charge on any atom is -0.367 e. The molecule has 1 unspecified atom stereocenters. The monoisotopic (exact) mass is 274 g/mol. The molecule has 0 aromatic rings. The minimum absolute atomic E-state index is 0.393. The van der Waals surface area contributed by atoms with Crippen molar-refractivity contribution in [2.75, 3.05) is 0 Å². The fourth-order valence-electron chi connectivity index (χ4n) is 6.20. The van der Waals surface area contributed by atoms with Crippen molar-refractivity contribution in [3.63, 3.8) is 0 Å². The average molecular weight is 274 g/mol. The zero-order valence-electron chi connectivity index (χ0n) is 12.2. The topological polar surface area (TPSA) is 40.5 Å². The quantitative estimate of drug-likeness (QED) is 0.570. The van der Waals surface area contributed by atoms with E-state index in [0.717, 1.165) is 30.6 Å². The van der Waals surface area contributed by atoms with Crippen molar-refractivity contribution in [3.8, 4) is 11.8 Å². The lowest BCUT2D eigenvalue weighted by Gasteiger charge is -2.54. The molecule has 20 heavy (non-hydrogen) atoms. The van der Waals surface area contributed by atoms with Crippen molar-refractivity contribution >= 4 is 0 Å². The second-order valence-electron chi connectivity index (χ2n) is 7.68. The summed E-state index contributed by atoms with van der Waals surface area (Å²) >= 11 is 0. The molecule has 0 heterocycles. The molecule has 0 aliphatic heterocycles. The van der Waals surface area contributed by atoms with E-state index in [1.54, 1.807) is 0 Å². The van der Waals surface area contributed by atoms with Crippen LogP contribution in [0.2, 0.25) is 0 Å². The molecule has 4 aliphatic rings. The Labute approximate surface area is 122 Å². The first-order valence-corrected chi connectivity index (χ1v) is 8.58. The van der Waals surface area contributed by atoms with Crippen LogP contribution in [-0.4, -0.2) is 16.5 Å². The molecule has 2 heteroatoms. The molecule has 0 radical (unpaired) electrons. The van der Waals surface area contributed by atoms with Gasteiger partial charge in [0.15, 0.2) is 6.29 Å². The van der Waals surface area contributed by atoms with Crippen LogP contribution >= 0.6 is 0 Å². The summed E-state index contributed by atoms with van der Waals surface area (Å²) in [5.41, 5.74) is -0.483. The summed E-state index contributed by atoms with van der Waals surface area (Å²) < 4.78 is 0. The van der Waals surface area contributed by atoms with Crippen LogP contribution < -0.4 is 0 Å². The van der Waals surface area contributed by atoms with Gasteiger partial charge in [-0.2, -0.15) is 0 Å². The summed E-state index contributed by atoms with van der Waals surface area (Å²) in [7, 11) is 0. The molecule has 110 valence electrons. The fourth-order valence-corrected chi connectivity index (χ4v) is 6.20. The third kappa shape index (κ3) is 1.72. The zero-order chi connectivity index (χ0) is 13.7. The van der Waals surface area contributed by atoms with E-state index in [1.807, 2.05) is 0 Å². The molecule has 0 spiro atoms. The lowest BCUT2D eigenvalue weighted by molar-refractivity contribution is -0.170. The van der Waals surface area contributed by atoms with E-state index in [2.05, 4.69) is 11.8 Å². The summed E-state index contributed by atoms with van der Waals surface area (Å²) in [6.45, 7) is 0. The Kier molecular flexibility index (Phi) is 3.13. The van der Waals surface area contributed by atoms with Crippen LogP contribution in [0.5, 0.6) is 0 Å². The van der Waals surface area contributed by atoms with Gasteiger partial charge in [-0.05, 0) is 61.7 Å². The molecular formula is C18H26O2. The van der Waals surface area contributed by atoms with E-state index >= 15 is 0 Å². The first kappa shape index (κ1) is 13.2. The first-order valence-electron chi connectivity index (χ1n) is 8.58. The van der Waals surface area contributed by atoms with Crippen molar-refractivity contribution < 1.29 is 10.2 Å². The maximum absolute atomic E-state index is 9.91. The summed E-state index contributed by atoms with van der Waals surface area (Å²) in [5, 5.41) is 19.8. The van der Waals surface area contributed by atoms with E-state index in [-0.39, 0.29) is 0 Å². The Morgan fingerprint density at radius 2 is 1.75 bits per heavy atom. The molecule has 0 aromatic heterocycles. The second-order valence-corrected chi connectivity index (χ2v) is 7.68. The van der Waals surface area contributed by atoms with Gasteiger partial charge in [0.1, 0.15) is 0 Å². The van der Waals surface area contributed by atoms with Crippen LogP contribution in [0, 0.1) is 46.8 Å². The van der Waals surface area contributed by atoms with Gasteiger partial charge in [0.2, 0.25) is 0 Å². The van der Waals surface area contributed by atoms with Crippen LogP contribution in [-0.2, 0) is 0 Å². The SMILES string of the molecule is OC(O)[C@@]12C#CC[C@H]1[C@@H]1CCC3CCCC[C@@H]3[C@H]1CC2. The van der Waals surface area contributed by atoms with E-state index in [4.69, 9.17) is 0 Å². The van der Waals surface area contributed by atoms with Gasteiger partial charge < -0.3 is 10.2 Å². The Balaban J connectivity index is 1.61. The van der Waals surface area contributed by atoms with Crippen LogP contribution in [0.4, 0.5) is 0 Å². The van der Waals surface area contributed by atoms with Gasteiger partial charge in [-0.1, -0.05) is 25.2 Å². The molecule has 0 aromatic carbocycles. The van der Waals surface area contributed by atoms with Crippen molar-refractivity contribution in [2.45, 2.75) is 64.1 Å². The summed E-state index contributed by atoms with van der Waals surface area (Å²) in [6.07, 6.45) is 10.1. The van der Waals surface area contributed by atoms with E-state index in [1.165, 1.54) is 44.9 Å². The average Bonchev–Trinajstić information content (AvgIpc) is 2.92. The largest absolute Gasteiger partial charge is 0.367 e. The zero-order valence-corrected chi connectivity index (χ0v) is 12.2. The van der Waals surface area contributed by atoms with Gasteiger partial charge in [0.25, 0.3) is 0 Å². The Morgan fingerprint density at radius 3 is 2.60 bits per heavy atom. The van der Waals surface area contributed by atoms with Gasteiger partial charge in [0.05, 0.1) is 5.41 Å². The highest BCUT2D eigenvalue weighted by Gasteiger charge is 2.56. The number of hydrogen-bond acceptors (Lipinski definition) is 2. The van der Waals surface area contributed by atoms with E-state index in [0.29, 0.717) is 11.8 Å². The lowest BCUT2D eigenvalue weighted by atomic mass is 9.50. The predicted molar refractivity (Wildman–Crippen MR) is 77.4 cm³/mol. The van der Waals surface area contributed by atoms with Gasteiger partial charge in [-0.3, -0.25) is 0 Å². The van der Waals surface area contributed by atoms with Crippen LogP contribution in [0.3, 0.4) is 0 Å². The number of aliphatic hydroxyl groups is 2. The number of rotatable bonds is 1.